The minimum absolute atomic E-state index is 1.14. The molecule has 0 N–H and O–H groups in total. The van der Waals surface area contributed by atoms with E-state index in [-0.39, 0.29) is 0 Å². The van der Waals surface area contributed by atoms with Gasteiger partial charge in [0.25, 0.3) is 0 Å². The summed E-state index contributed by atoms with van der Waals surface area (Å²) in [5, 5.41) is 2.58. The molecule has 92 valence electrons. The number of fused-ring (bicyclic) bond motifs is 3. The summed E-state index contributed by atoms with van der Waals surface area (Å²) in [5.41, 5.74) is 3.66. The third-order valence-corrected chi connectivity index (χ3v) is 3.70. The van der Waals surface area contributed by atoms with Crippen LogP contribution >= 0.6 is 0 Å². The second-order valence-corrected chi connectivity index (χ2v) is 4.75. The third-order valence-electron chi connectivity index (χ3n) is 3.70. The fraction of sp³-hybridized carbons (Fsp3) is 0.0625. The van der Waals surface area contributed by atoms with Gasteiger partial charge in [-0.2, -0.15) is 0 Å². The molecule has 0 saturated heterocycles. The lowest BCUT2D eigenvalue weighted by Gasteiger charge is -2.03. The highest BCUT2D eigenvalue weighted by Gasteiger charge is 2.08. The molecule has 2 aromatic carbocycles. The van der Waals surface area contributed by atoms with Crippen molar-refractivity contribution >= 4 is 21.8 Å². The van der Waals surface area contributed by atoms with Crippen molar-refractivity contribution in [2.24, 2.45) is 7.05 Å². The summed E-state index contributed by atoms with van der Waals surface area (Å²) in [7, 11) is 2.11. The number of imidazole rings is 1. The molecule has 0 bridgehead atoms. The van der Waals surface area contributed by atoms with E-state index in [0.29, 0.717) is 0 Å². The molecule has 19 heavy (non-hydrogen) atoms. The lowest BCUT2D eigenvalue weighted by atomic mass is 10.1. The minimum atomic E-state index is 1.14. The first-order valence-electron chi connectivity index (χ1n) is 6.30. The van der Waals surface area contributed by atoms with Crippen molar-refractivity contribution in [1.29, 1.82) is 0 Å². The zero-order valence-electron chi connectivity index (χ0n) is 10.6. The molecule has 4 rings (SSSR count). The topological polar surface area (TPSA) is 22.8 Å². The van der Waals surface area contributed by atoms with Gasteiger partial charge in [0.2, 0.25) is 0 Å². The van der Waals surface area contributed by atoms with Crippen molar-refractivity contribution in [3.63, 3.8) is 0 Å². The van der Waals surface area contributed by atoms with Crippen molar-refractivity contribution in [2.45, 2.75) is 0 Å². The normalized spacial score (nSPS) is 11.4. The summed E-state index contributed by atoms with van der Waals surface area (Å²) >= 11 is 0. The van der Waals surface area contributed by atoms with Crippen molar-refractivity contribution in [1.82, 2.24) is 14.1 Å². The summed E-state index contributed by atoms with van der Waals surface area (Å²) in [6, 6.07) is 15.0. The van der Waals surface area contributed by atoms with Gasteiger partial charge in [-0.25, -0.2) is 4.98 Å². The molecular formula is C16H13N3. The van der Waals surface area contributed by atoms with Gasteiger partial charge < -0.3 is 9.13 Å². The number of aromatic nitrogens is 3. The number of nitrogens with zero attached hydrogens (tertiary/aromatic N) is 3. The third kappa shape index (κ3) is 1.41. The van der Waals surface area contributed by atoms with Crippen molar-refractivity contribution in [2.75, 3.05) is 0 Å². The average Bonchev–Trinajstić information content (AvgIpc) is 3.08. The van der Waals surface area contributed by atoms with Gasteiger partial charge in [-0.05, 0) is 24.3 Å². The first kappa shape index (κ1) is 10.4. The number of para-hydroxylation sites is 1. The van der Waals surface area contributed by atoms with Crippen molar-refractivity contribution < 1.29 is 0 Å². The highest BCUT2D eigenvalue weighted by atomic mass is 15.0. The second-order valence-electron chi connectivity index (χ2n) is 4.75. The SMILES string of the molecule is Cn1c2ccccc2c2cc(-n3ccnc3)ccc21. The highest BCUT2D eigenvalue weighted by Crippen LogP contribution is 2.29. The smallest absolute Gasteiger partial charge is 0.0991 e. The molecule has 0 atom stereocenters. The predicted molar refractivity (Wildman–Crippen MR) is 77.5 cm³/mol. The lowest BCUT2D eigenvalue weighted by Crippen LogP contribution is -1.90. The summed E-state index contributed by atoms with van der Waals surface area (Å²) in [6.07, 6.45) is 5.59. The molecule has 0 fully saturated rings. The van der Waals surface area contributed by atoms with E-state index in [0.717, 1.165) is 5.69 Å². The van der Waals surface area contributed by atoms with Gasteiger partial charge in [-0.3, -0.25) is 0 Å². The monoisotopic (exact) mass is 247 g/mol. The van der Waals surface area contributed by atoms with Crippen LogP contribution in [0.3, 0.4) is 0 Å². The molecule has 2 aromatic heterocycles. The maximum atomic E-state index is 4.10. The zero-order chi connectivity index (χ0) is 12.8. The second kappa shape index (κ2) is 3.72. The van der Waals surface area contributed by atoms with Gasteiger partial charge in [0.1, 0.15) is 0 Å². The molecule has 0 aliphatic heterocycles. The number of aryl methyl sites for hydroxylation is 1. The Balaban J connectivity index is 2.11. The van der Waals surface area contributed by atoms with E-state index in [9.17, 15) is 0 Å². The van der Waals surface area contributed by atoms with Crippen molar-refractivity contribution in [3.05, 3.63) is 61.2 Å². The summed E-state index contributed by atoms with van der Waals surface area (Å²) < 4.78 is 4.27. The first-order chi connectivity index (χ1) is 9.34. The molecule has 0 radical (unpaired) electrons. The van der Waals surface area contributed by atoms with Crippen LogP contribution in [0.25, 0.3) is 27.5 Å². The van der Waals surface area contributed by atoms with E-state index < -0.39 is 0 Å². The molecule has 0 spiro atoms. The van der Waals surface area contributed by atoms with E-state index in [4.69, 9.17) is 0 Å². The fourth-order valence-corrected chi connectivity index (χ4v) is 2.73. The van der Waals surface area contributed by atoms with Crippen LogP contribution in [-0.4, -0.2) is 14.1 Å². The summed E-state index contributed by atoms with van der Waals surface area (Å²) in [5.74, 6) is 0. The number of rotatable bonds is 1. The van der Waals surface area contributed by atoms with Crippen LogP contribution < -0.4 is 0 Å². The Bertz CT molecular complexity index is 870. The molecule has 0 saturated carbocycles. The minimum Gasteiger partial charge on any atom is -0.344 e. The van der Waals surface area contributed by atoms with E-state index >= 15 is 0 Å². The van der Waals surface area contributed by atoms with Gasteiger partial charge in [0, 0.05) is 46.9 Å². The van der Waals surface area contributed by atoms with Crippen LogP contribution in [0.2, 0.25) is 0 Å². The van der Waals surface area contributed by atoms with Crippen LogP contribution in [0.1, 0.15) is 0 Å². The predicted octanol–water partition coefficient (Wildman–Crippen LogP) is 3.52. The standard InChI is InChI=1S/C16H13N3/c1-18-15-5-3-2-4-13(15)14-10-12(6-7-16(14)18)19-9-8-17-11-19/h2-11H,1H3. The van der Waals surface area contributed by atoms with E-state index in [1.54, 1.807) is 6.20 Å². The Morgan fingerprint density at radius 3 is 2.63 bits per heavy atom. The van der Waals surface area contributed by atoms with Crippen LogP contribution in [0.5, 0.6) is 0 Å². The maximum absolute atomic E-state index is 4.10. The Hall–Kier alpha value is -2.55. The Morgan fingerprint density at radius 1 is 0.947 bits per heavy atom. The van der Waals surface area contributed by atoms with E-state index in [1.807, 2.05) is 17.1 Å². The number of benzene rings is 2. The maximum Gasteiger partial charge on any atom is 0.0991 e. The molecule has 2 heterocycles. The van der Waals surface area contributed by atoms with Crippen LogP contribution in [0.15, 0.2) is 61.2 Å². The van der Waals surface area contributed by atoms with Crippen LogP contribution in [0, 0.1) is 0 Å². The first-order valence-corrected chi connectivity index (χ1v) is 6.30. The zero-order valence-corrected chi connectivity index (χ0v) is 10.6. The Morgan fingerprint density at radius 2 is 1.79 bits per heavy atom. The lowest BCUT2D eigenvalue weighted by molar-refractivity contribution is 1.01. The van der Waals surface area contributed by atoms with E-state index in [1.165, 1.54) is 21.8 Å². The number of hydrogen-bond acceptors (Lipinski definition) is 1. The Labute approximate surface area is 110 Å². The van der Waals surface area contributed by atoms with Gasteiger partial charge >= 0.3 is 0 Å². The molecule has 3 nitrogen and oxygen atoms in total. The Kier molecular flexibility index (Phi) is 2.03. The fourth-order valence-electron chi connectivity index (χ4n) is 2.73. The highest BCUT2D eigenvalue weighted by molar-refractivity contribution is 6.08. The molecule has 3 heteroatoms. The number of hydrogen-bond donors (Lipinski definition) is 0. The molecule has 0 aliphatic carbocycles. The molecule has 0 unspecified atom stereocenters. The molecular weight excluding hydrogens is 234 g/mol. The van der Waals surface area contributed by atoms with E-state index in [2.05, 4.69) is 59.1 Å². The van der Waals surface area contributed by atoms with Crippen molar-refractivity contribution in [3.8, 4) is 5.69 Å². The molecule has 0 amide bonds. The average molecular weight is 247 g/mol. The van der Waals surface area contributed by atoms with Gasteiger partial charge in [-0.1, -0.05) is 18.2 Å². The largest absolute Gasteiger partial charge is 0.344 e. The van der Waals surface area contributed by atoms with Crippen LogP contribution in [-0.2, 0) is 7.05 Å². The molecule has 4 aromatic rings. The molecule has 0 aliphatic rings. The van der Waals surface area contributed by atoms with Gasteiger partial charge in [-0.15, -0.1) is 0 Å². The van der Waals surface area contributed by atoms with Crippen LogP contribution in [0.4, 0.5) is 0 Å². The van der Waals surface area contributed by atoms with Gasteiger partial charge in [0.15, 0.2) is 0 Å². The summed E-state index contributed by atoms with van der Waals surface area (Å²) in [6.45, 7) is 0. The quantitative estimate of drug-likeness (QED) is 0.504. The summed E-state index contributed by atoms with van der Waals surface area (Å²) in [4.78, 5) is 4.10. The van der Waals surface area contributed by atoms with Gasteiger partial charge in [0.05, 0.1) is 6.33 Å².